The zero-order valence-electron chi connectivity index (χ0n) is 15.3. The largest absolute Gasteiger partial charge is 0.395 e. The lowest BCUT2D eigenvalue weighted by molar-refractivity contribution is 0.238. The van der Waals surface area contributed by atoms with Gasteiger partial charge >= 0.3 is 0 Å². The van der Waals surface area contributed by atoms with E-state index in [1.807, 2.05) is 31.2 Å². The Bertz CT molecular complexity index is 1020. The van der Waals surface area contributed by atoms with Crippen molar-refractivity contribution in [3.05, 3.63) is 48.0 Å². The fourth-order valence-corrected chi connectivity index (χ4v) is 3.68. The summed E-state index contributed by atoms with van der Waals surface area (Å²) in [6, 6.07) is 12.6. The number of tetrazole rings is 1. The van der Waals surface area contributed by atoms with Crippen LogP contribution in [0.4, 0.5) is 0 Å². The van der Waals surface area contributed by atoms with E-state index in [1.54, 1.807) is 12.1 Å². The Kier molecular flexibility index (Phi) is 6.15. The van der Waals surface area contributed by atoms with Crippen LogP contribution in [-0.2, 0) is 16.6 Å². The normalized spacial score (nSPS) is 12.8. The number of hydrogen-bond acceptors (Lipinski definition) is 7. The highest BCUT2D eigenvalue weighted by Crippen LogP contribution is 2.34. The maximum absolute atomic E-state index is 12.1. The highest BCUT2D eigenvalue weighted by atomic mass is 32.2. The molecule has 10 heteroatoms. The minimum absolute atomic E-state index is 0.0525. The Balaban J connectivity index is 1.98. The Hall–Kier alpha value is -2.66. The van der Waals surface area contributed by atoms with E-state index < -0.39 is 10.0 Å². The number of rotatable bonds is 8. The van der Waals surface area contributed by atoms with E-state index in [2.05, 4.69) is 25.9 Å². The number of aliphatic hydroxyl groups excluding tert-OH is 1. The van der Waals surface area contributed by atoms with Crippen LogP contribution in [0.3, 0.4) is 0 Å². The summed E-state index contributed by atoms with van der Waals surface area (Å²) in [7, 11) is -3.97. The summed E-state index contributed by atoms with van der Waals surface area (Å²) >= 11 is 0. The number of aromatic nitrogens is 4. The van der Waals surface area contributed by atoms with E-state index in [9.17, 15) is 13.5 Å². The Morgan fingerprint density at radius 2 is 1.96 bits per heavy atom. The molecule has 0 saturated heterocycles. The van der Waals surface area contributed by atoms with Gasteiger partial charge in [-0.1, -0.05) is 43.3 Å². The highest BCUT2D eigenvalue weighted by Gasteiger charge is 2.21. The van der Waals surface area contributed by atoms with Crippen molar-refractivity contribution in [2.24, 2.45) is 5.14 Å². The number of nitrogens with two attached hydrogens (primary N) is 1. The van der Waals surface area contributed by atoms with Crippen LogP contribution in [0.15, 0.2) is 47.4 Å². The molecule has 0 fully saturated rings. The number of H-pyrrole nitrogens is 1. The number of hydrogen-bond donors (Lipinski definition) is 4. The fraction of sp³-hybridized carbons (Fsp3) is 0.278. The van der Waals surface area contributed by atoms with Crippen LogP contribution in [0, 0.1) is 0 Å². The molecule has 0 aliphatic heterocycles. The molecule has 1 heterocycles. The van der Waals surface area contributed by atoms with Crippen LogP contribution in [0.25, 0.3) is 22.5 Å². The first-order valence-electron chi connectivity index (χ1n) is 8.77. The second kappa shape index (κ2) is 8.57. The molecule has 0 saturated carbocycles. The average molecular weight is 402 g/mol. The van der Waals surface area contributed by atoms with Gasteiger partial charge in [0.1, 0.15) is 0 Å². The SMILES string of the molecule is CC[C@@H](CO)NCc1ccc(-c2cccc(S(N)(=O)=O)c2-c2nnn[nH]2)cc1. The average Bonchev–Trinajstić information content (AvgIpc) is 3.22. The molecule has 0 aliphatic carbocycles. The number of primary sulfonamides is 1. The molecule has 1 atom stereocenters. The molecule has 0 unspecified atom stereocenters. The van der Waals surface area contributed by atoms with E-state index in [-0.39, 0.29) is 23.4 Å². The van der Waals surface area contributed by atoms with Crippen molar-refractivity contribution in [3.8, 4) is 22.5 Å². The standard InChI is InChI=1S/C18H22N6O3S/c1-2-14(11-25)20-10-12-6-8-13(9-7-12)15-4-3-5-16(28(19,26)27)17(15)18-21-23-24-22-18/h3-9,14,20,25H,2,10-11H2,1H3,(H2,19,26,27)(H,21,22,23,24)/t14-/m0/s1. The van der Waals surface area contributed by atoms with Crippen molar-refractivity contribution in [3.63, 3.8) is 0 Å². The first-order valence-corrected chi connectivity index (χ1v) is 10.3. The van der Waals surface area contributed by atoms with Crippen molar-refractivity contribution in [2.45, 2.75) is 30.8 Å². The van der Waals surface area contributed by atoms with Gasteiger partial charge in [0.25, 0.3) is 0 Å². The summed E-state index contributed by atoms with van der Waals surface area (Å²) in [5.41, 5.74) is 2.81. The molecule has 0 aliphatic rings. The lowest BCUT2D eigenvalue weighted by Gasteiger charge is -2.15. The zero-order chi connectivity index (χ0) is 20.1. The fourth-order valence-electron chi connectivity index (χ4n) is 2.92. The van der Waals surface area contributed by atoms with Gasteiger partial charge in [-0.2, -0.15) is 0 Å². The molecule has 0 bridgehead atoms. The summed E-state index contributed by atoms with van der Waals surface area (Å²) in [5.74, 6) is 0.221. The maximum Gasteiger partial charge on any atom is 0.238 e. The van der Waals surface area contributed by atoms with Gasteiger partial charge in [0.05, 0.1) is 11.5 Å². The number of aliphatic hydroxyl groups is 1. The third-order valence-corrected chi connectivity index (χ3v) is 5.44. The van der Waals surface area contributed by atoms with Gasteiger partial charge in [0.15, 0.2) is 5.82 Å². The van der Waals surface area contributed by atoms with Crippen LogP contribution in [0.2, 0.25) is 0 Å². The summed E-state index contributed by atoms with van der Waals surface area (Å²) < 4.78 is 24.1. The van der Waals surface area contributed by atoms with Crippen molar-refractivity contribution >= 4 is 10.0 Å². The summed E-state index contributed by atoms with van der Waals surface area (Å²) in [4.78, 5) is -0.0528. The molecule has 0 radical (unpaired) electrons. The van der Waals surface area contributed by atoms with Crippen molar-refractivity contribution in [1.82, 2.24) is 25.9 Å². The molecular weight excluding hydrogens is 380 g/mol. The number of benzene rings is 2. The van der Waals surface area contributed by atoms with Gasteiger partial charge < -0.3 is 10.4 Å². The lowest BCUT2D eigenvalue weighted by Crippen LogP contribution is -2.31. The zero-order valence-corrected chi connectivity index (χ0v) is 16.1. The van der Waals surface area contributed by atoms with E-state index in [0.717, 1.165) is 17.5 Å². The molecule has 3 rings (SSSR count). The molecule has 28 heavy (non-hydrogen) atoms. The summed E-state index contributed by atoms with van der Waals surface area (Å²) in [6.45, 7) is 2.72. The smallest absolute Gasteiger partial charge is 0.238 e. The van der Waals surface area contributed by atoms with Crippen LogP contribution < -0.4 is 10.5 Å². The second-order valence-corrected chi connectivity index (χ2v) is 7.87. The van der Waals surface area contributed by atoms with Crippen LogP contribution in [-0.4, -0.2) is 46.8 Å². The van der Waals surface area contributed by atoms with Gasteiger partial charge in [0, 0.05) is 18.2 Å². The van der Waals surface area contributed by atoms with Crippen LogP contribution in [0.1, 0.15) is 18.9 Å². The number of nitrogens with zero attached hydrogens (tertiary/aromatic N) is 3. The van der Waals surface area contributed by atoms with Crippen molar-refractivity contribution < 1.29 is 13.5 Å². The van der Waals surface area contributed by atoms with Crippen LogP contribution >= 0.6 is 0 Å². The van der Waals surface area contributed by atoms with Gasteiger partial charge in [-0.05, 0) is 39.6 Å². The van der Waals surface area contributed by atoms with Gasteiger partial charge in [-0.3, -0.25) is 0 Å². The molecule has 0 spiro atoms. The Labute approximate surface area is 163 Å². The van der Waals surface area contributed by atoms with E-state index in [1.165, 1.54) is 6.07 Å². The third-order valence-electron chi connectivity index (χ3n) is 4.49. The van der Waals surface area contributed by atoms with Gasteiger partial charge in [-0.15, -0.1) is 5.10 Å². The Morgan fingerprint density at radius 3 is 2.54 bits per heavy atom. The summed E-state index contributed by atoms with van der Waals surface area (Å²) in [6.07, 6.45) is 0.837. The quantitative estimate of drug-likeness (QED) is 0.440. The lowest BCUT2D eigenvalue weighted by atomic mass is 9.98. The first kappa shape index (κ1) is 20.1. The maximum atomic E-state index is 12.1. The number of nitrogens with one attached hydrogen (secondary N) is 2. The van der Waals surface area contributed by atoms with Crippen molar-refractivity contribution in [1.29, 1.82) is 0 Å². The predicted octanol–water partition coefficient (Wildman–Crippen LogP) is 1.04. The van der Waals surface area contributed by atoms with Crippen LogP contribution in [0.5, 0.6) is 0 Å². The van der Waals surface area contributed by atoms with Gasteiger partial charge in [-0.25, -0.2) is 18.7 Å². The highest BCUT2D eigenvalue weighted by molar-refractivity contribution is 7.89. The van der Waals surface area contributed by atoms with Gasteiger partial charge in [0.2, 0.25) is 10.0 Å². The minimum Gasteiger partial charge on any atom is -0.395 e. The van der Waals surface area contributed by atoms with E-state index in [4.69, 9.17) is 5.14 Å². The third kappa shape index (κ3) is 4.42. The monoisotopic (exact) mass is 402 g/mol. The first-order chi connectivity index (χ1) is 13.4. The number of aromatic amines is 1. The topological polar surface area (TPSA) is 147 Å². The predicted molar refractivity (Wildman–Crippen MR) is 104 cm³/mol. The summed E-state index contributed by atoms with van der Waals surface area (Å²) in [5, 5.41) is 31.5. The molecule has 3 aromatic rings. The Morgan fingerprint density at radius 1 is 1.21 bits per heavy atom. The number of sulfonamides is 1. The molecule has 9 nitrogen and oxygen atoms in total. The second-order valence-electron chi connectivity index (χ2n) is 6.34. The van der Waals surface area contributed by atoms with E-state index >= 15 is 0 Å². The molecule has 5 N–H and O–H groups in total. The minimum atomic E-state index is -3.97. The van der Waals surface area contributed by atoms with E-state index in [0.29, 0.717) is 17.7 Å². The molecule has 1 aromatic heterocycles. The molecule has 148 valence electrons. The molecule has 0 amide bonds. The van der Waals surface area contributed by atoms with Crippen molar-refractivity contribution in [2.75, 3.05) is 6.61 Å². The molecule has 2 aromatic carbocycles. The molecular formula is C18H22N6O3S.